The Kier molecular flexibility index (Phi) is 3.84. The Bertz CT molecular complexity index is 437. The van der Waals surface area contributed by atoms with Gasteiger partial charge in [-0.2, -0.15) is 18.4 Å². The molecule has 3 nitrogen and oxygen atoms in total. The van der Waals surface area contributed by atoms with Crippen molar-refractivity contribution in [2.75, 3.05) is 7.11 Å². The largest absolute Gasteiger partial charge is 0.493 e. The van der Waals surface area contributed by atoms with E-state index in [2.05, 4.69) is 0 Å². The molecule has 1 aromatic carbocycles. The van der Waals surface area contributed by atoms with Gasteiger partial charge in [0.1, 0.15) is 0 Å². The average molecular weight is 245 g/mol. The highest BCUT2D eigenvalue weighted by atomic mass is 19.4. The summed E-state index contributed by atoms with van der Waals surface area (Å²) in [6, 6.07) is 5.84. The van der Waals surface area contributed by atoms with Crippen LogP contribution < -0.4 is 9.47 Å². The summed E-state index contributed by atoms with van der Waals surface area (Å²) in [5, 5.41) is 8.65. The fourth-order valence-corrected chi connectivity index (χ4v) is 1.10. The molecular formula is C11H10F3NO2. The lowest BCUT2D eigenvalue weighted by Gasteiger charge is -2.19. The molecule has 1 atom stereocenters. The van der Waals surface area contributed by atoms with E-state index >= 15 is 0 Å². The van der Waals surface area contributed by atoms with Gasteiger partial charge in [0.2, 0.25) is 0 Å². The van der Waals surface area contributed by atoms with Gasteiger partial charge in [-0.25, -0.2) is 0 Å². The van der Waals surface area contributed by atoms with E-state index in [0.717, 1.165) is 6.92 Å². The van der Waals surface area contributed by atoms with Crippen molar-refractivity contribution in [2.45, 2.75) is 19.2 Å². The molecule has 0 saturated carbocycles. The van der Waals surface area contributed by atoms with Crippen molar-refractivity contribution in [1.82, 2.24) is 0 Å². The lowest BCUT2D eigenvalue weighted by molar-refractivity contribution is -0.189. The summed E-state index contributed by atoms with van der Waals surface area (Å²) in [5.41, 5.74) is 0.204. The standard InChI is InChI=1S/C11H10F3NO2/c1-7(11(12,13)14)17-10-5-8(6-15)3-4-9(10)16-2/h3-5,7H,1-2H3. The molecule has 0 radical (unpaired) electrons. The van der Waals surface area contributed by atoms with Crippen molar-refractivity contribution < 1.29 is 22.6 Å². The summed E-state index contributed by atoms with van der Waals surface area (Å²) in [7, 11) is 1.31. The first-order chi connectivity index (χ1) is 7.88. The molecule has 1 aromatic rings. The Labute approximate surface area is 96.4 Å². The maximum atomic E-state index is 12.3. The van der Waals surface area contributed by atoms with Gasteiger partial charge in [0.25, 0.3) is 0 Å². The number of benzene rings is 1. The van der Waals surface area contributed by atoms with E-state index in [0.29, 0.717) is 0 Å². The van der Waals surface area contributed by atoms with Crippen molar-refractivity contribution in [3.05, 3.63) is 23.8 Å². The molecule has 0 saturated heterocycles. The smallest absolute Gasteiger partial charge is 0.425 e. The van der Waals surface area contributed by atoms with Gasteiger partial charge >= 0.3 is 6.18 Å². The number of hydrogen-bond acceptors (Lipinski definition) is 3. The Balaban J connectivity index is 3.00. The average Bonchev–Trinajstić information content (AvgIpc) is 2.27. The molecule has 0 aliphatic heterocycles. The van der Waals surface area contributed by atoms with Crippen molar-refractivity contribution in [2.24, 2.45) is 0 Å². The van der Waals surface area contributed by atoms with Gasteiger partial charge in [0.15, 0.2) is 17.6 Å². The number of ether oxygens (including phenoxy) is 2. The number of nitriles is 1. The van der Waals surface area contributed by atoms with Crippen molar-refractivity contribution in [3.63, 3.8) is 0 Å². The number of alkyl halides is 3. The first kappa shape index (κ1) is 13.2. The van der Waals surface area contributed by atoms with Crippen LogP contribution >= 0.6 is 0 Å². The van der Waals surface area contributed by atoms with Crippen LogP contribution in [0.1, 0.15) is 12.5 Å². The molecule has 0 heterocycles. The van der Waals surface area contributed by atoms with Crippen LogP contribution in [0, 0.1) is 11.3 Å². The third kappa shape index (κ3) is 3.28. The maximum absolute atomic E-state index is 12.3. The van der Waals surface area contributed by atoms with Crippen LogP contribution in [0.25, 0.3) is 0 Å². The van der Waals surface area contributed by atoms with Crippen LogP contribution in [0.15, 0.2) is 18.2 Å². The van der Waals surface area contributed by atoms with E-state index in [1.807, 2.05) is 6.07 Å². The number of methoxy groups -OCH3 is 1. The number of nitrogens with zero attached hydrogens (tertiary/aromatic N) is 1. The number of halogens is 3. The second kappa shape index (κ2) is 4.95. The molecule has 0 aromatic heterocycles. The summed E-state index contributed by atoms with van der Waals surface area (Å²) in [6.45, 7) is 0.887. The second-order valence-electron chi connectivity index (χ2n) is 3.28. The molecule has 0 fully saturated rings. The third-order valence-corrected chi connectivity index (χ3v) is 2.06. The van der Waals surface area contributed by atoms with Crippen LogP contribution in [-0.4, -0.2) is 19.4 Å². The van der Waals surface area contributed by atoms with Gasteiger partial charge < -0.3 is 9.47 Å². The molecule has 0 amide bonds. The van der Waals surface area contributed by atoms with Crippen LogP contribution in [0.4, 0.5) is 13.2 Å². The Morgan fingerprint density at radius 2 is 1.94 bits per heavy atom. The molecule has 0 aliphatic rings. The predicted octanol–water partition coefficient (Wildman–Crippen LogP) is 2.90. The van der Waals surface area contributed by atoms with E-state index in [9.17, 15) is 13.2 Å². The summed E-state index contributed by atoms with van der Waals surface area (Å²) >= 11 is 0. The fourth-order valence-electron chi connectivity index (χ4n) is 1.10. The molecule has 0 bridgehead atoms. The van der Waals surface area contributed by atoms with Gasteiger partial charge in [-0.1, -0.05) is 0 Å². The quantitative estimate of drug-likeness (QED) is 0.822. The Hall–Kier alpha value is -1.90. The van der Waals surface area contributed by atoms with E-state index in [1.54, 1.807) is 0 Å². The van der Waals surface area contributed by atoms with Crippen LogP contribution in [0.2, 0.25) is 0 Å². The van der Waals surface area contributed by atoms with Gasteiger partial charge in [-0.05, 0) is 19.1 Å². The van der Waals surface area contributed by atoms with Crippen LogP contribution in [0.3, 0.4) is 0 Å². The Morgan fingerprint density at radius 1 is 1.29 bits per heavy atom. The van der Waals surface area contributed by atoms with Crippen LogP contribution in [-0.2, 0) is 0 Å². The second-order valence-corrected chi connectivity index (χ2v) is 3.28. The predicted molar refractivity (Wildman–Crippen MR) is 53.9 cm³/mol. The molecule has 1 unspecified atom stereocenters. The molecule has 6 heteroatoms. The SMILES string of the molecule is COc1ccc(C#N)cc1OC(C)C(F)(F)F. The fraction of sp³-hybridized carbons (Fsp3) is 0.364. The molecule has 92 valence electrons. The number of hydrogen-bond donors (Lipinski definition) is 0. The third-order valence-electron chi connectivity index (χ3n) is 2.06. The first-order valence-corrected chi connectivity index (χ1v) is 4.70. The highest BCUT2D eigenvalue weighted by molar-refractivity contribution is 5.46. The zero-order valence-electron chi connectivity index (χ0n) is 9.21. The highest BCUT2D eigenvalue weighted by Crippen LogP contribution is 2.32. The first-order valence-electron chi connectivity index (χ1n) is 4.70. The molecule has 17 heavy (non-hydrogen) atoms. The molecule has 0 aliphatic carbocycles. The van der Waals surface area contributed by atoms with E-state index in [4.69, 9.17) is 14.7 Å². The Morgan fingerprint density at radius 3 is 2.41 bits per heavy atom. The van der Waals surface area contributed by atoms with Crippen molar-refractivity contribution in [3.8, 4) is 17.6 Å². The monoisotopic (exact) mass is 245 g/mol. The van der Waals surface area contributed by atoms with Gasteiger partial charge in [-0.3, -0.25) is 0 Å². The number of rotatable bonds is 3. The van der Waals surface area contributed by atoms with Gasteiger partial charge in [0.05, 0.1) is 18.7 Å². The minimum Gasteiger partial charge on any atom is -0.493 e. The maximum Gasteiger partial charge on any atom is 0.425 e. The van der Waals surface area contributed by atoms with Crippen molar-refractivity contribution >= 4 is 0 Å². The summed E-state index contributed by atoms with van der Waals surface area (Å²) in [5.74, 6) is 0.0523. The topological polar surface area (TPSA) is 42.2 Å². The summed E-state index contributed by atoms with van der Waals surface area (Å²) in [4.78, 5) is 0. The molecular weight excluding hydrogens is 235 g/mol. The lowest BCUT2D eigenvalue weighted by Crippen LogP contribution is -2.31. The van der Waals surface area contributed by atoms with Gasteiger partial charge in [-0.15, -0.1) is 0 Å². The highest BCUT2D eigenvalue weighted by Gasteiger charge is 2.38. The molecule has 0 N–H and O–H groups in total. The van der Waals surface area contributed by atoms with Gasteiger partial charge in [0, 0.05) is 6.07 Å². The van der Waals surface area contributed by atoms with Crippen molar-refractivity contribution in [1.29, 1.82) is 5.26 Å². The molecule has 0 spiro atoms. The molecule has 1 rings (SSSR count). The van der Waals surface area contributed by atoms with Crippen LogP contribution in [0.5, 0.6) is 11.5 Å². The minimum atomic E-state index is -4.46. The van der Waals surface area contributed by atoms with E-state index < -0.39 is 12.3 Å². The zero-order valence-corrected chi connectivity index (χ0v) is 9.21. The normalized spacial score (nSPS) is 12.7. The minimum absolute atomic E-state index is 0.101. The summed E-state index contributed by atoms with van der Waals surface area (Å²) < 4.78 is 46.6. The van der Waals surface area contributed by atoms with E-state index in [1.165, 1.54) is 25.3 Å². The lowest BCUT2D eigenvalue weighted by atomic mass is 10.2. The van der Waals surface area contributed by atoms with E-state index in [-0.39, 0.29) is 17.1 Å². The summed E-state index contributed by atoms with van der Waals surface area (Å²) in [6.07, 6.45) is -6.43. The zero-order chi connectivity index (χ0) is 13.1.